The van der Waals surface area contributed by atoms with Gasteiger partial charge >= 0.3 is 0 Å². The Balaban J connectivity index is 1.87. The Morgan fingerprint density at radius 3 is 2.24 bits per heavy atom. The number of amides is 2. The summed E-state index contributed by atoms with van der Waals surface area (Å²) >= 11 is 0. The van der Waals surface area contributed by atoms with E-state index in [0.717, 1.165) is 11.1 Å². The number of carbonyl (C=O) groups is 2. The van der Waals surface area contributed by atoms with Gasteiger partial charge in [-0.3, -0.25) is 14.3 Å². The van der Waals surface area contributed by atoms with Crippen molar-refractivity contribution in [1.29, 1.82) is 0 Å². The normalized spacial score (nSPS) is 10.9. The zero-order valence-electron chi connectivity index (χ0n) is 19.1. The number of carbonyl (C=O) groups excluding carboxylic acids is 2. The van der Waals surface area contributed by atoms with E-state index in [9.17, 15) is 18.0 Å². The van der Waals surface area contributed by atoms with Crippen LogP contribution in [0.15, 0.2) is 77.7 Å². The van der Waals surface area contributed by atoms with Crippen LogP contribution in [0.1, 0.15) is 28.4 Å². The Bertz CT molecular complexity index is 1260. The van der Waals surface area contributed by atoms with Crippen LogP contribution in [0.25, 0.3) is 0 Å². The van der Waals surface area contributed by atoms with E-state index in [0.29, 0.717) is 17.9 Å². The maximum atomic E-state index is 13.2. The first kappa shape index (κ1) is 24.8. The second kappa shape index (κ2) is 11.3. The molecule has 0 aromatic heterocycles. The van der Waals surface area contributed by atoms with Crippen LogP contribution >= 0.6 is 0 Å². The third-order valence-corrected chi connectivity index (χ3v) is 6.34. The smallest absolute Gasteiger partial charge is 0.262 e. The summed E-state index contributed by atoms with van der Waals surface area (Å²) in [6.07, 6.45) is 0. The Labute approximate surface area is 199 Å². The molecule has 0 fully saturated rings. The molecule has 0 bridgehead atoms. The fraction of sp³-hybridized carbons (Fsp3) is 0.200. The van der Waals surface area contributed by atoms with Crippen LogP contribution in [-0.2, 0) is 21.4 Å². The monoisotopic (exact) mass is 480 g/mol. The molecule has 0 saturated heterocycles. The molecule has 178 valence electrons. The van der Waals surface area contributed by atoms with Crippen LogP contribution in [0.4, 0.5) is 11.4 Å². The third kappa shape index (κ3) is 7.08. The zero-order valence-corrected chi connectivity index (χ0v) is 19.9. The van der Waals surface area contributed by atoms with Crippen molar-refractivity contribution in [2.24, 2.45) is 0 Å². The first-order valence-corrected chi connectivity index (χ1v) is 12.3. The van der Waals surface area contributed by atoms with E-state index in [-0.39, 0.29) is 29.5 Å². The predicted octanol–water partition coefficient (Wildman–Crippen LogP) is 3.27. The number of sulfonamides is 1. The van der Waals surface area contributed by atoms with Crippen LogP contribution in [0.2, 0.25) is 0 Å². The van der Waals surface area contributed by atoms with Gasteiger partial charge in [-0.15, -0.1) is 0 Å². The summed E-state index contributed by atoms with van der Waals surface area (Å²) < 4.78 is 28.9. The molecule has 3 aromatic rings. The number of rotatable bonds is 10. The van der Waals surface area contributed by atoms with Crippen molar-refractivity contribution in [3.63, 3.8) is 0 Å². The van der Waals surface area contributed by atoms with E-state index in [1.807, 2.05) is 49.4 Å². The number of hydrogen-bond acceptors (Lipinski definition) is 5. The van der Waals surface area contributed by atoms with Gasteiger partial charge in [-0.2, -0.15) is 0 Å². The molecule has 4 N–H and O–H groups in total. The van der Waals surface area contributed by atoms with Gasteiger partial charge in [-0.05, 0) is 42.3 Å². The average molecular weight is 481 g/mol. The highest BCUT2D eigenvalue weighted by atomic mass is 32.2. The highest BCUT2D eigenvalue weighted by Crippen LogP contribution is 2.24. The van der Waals surface area contributed by atoms with E-state index in [1.54, 1.807) is 18.2 Å². The molecule has 34 heavy (non-hydrogen) atoms. The Morgan fingerprint density at radius 1 is 0.853 bits per heavy atom. The van der Waals surface area contributed by atoms with Gasteiger partial charge in [0.25, 0.3) is 15.9 Å². The van der Waals surface area contributed by atoms with Crippen LogP contribution in [0.5, 0.6) is 0 Å². The predicted molar refractivity (Wildman–Crippen MR) is 133 cm³/mol. The van der Waals surface area contributed by atoms with Crippen LogP contribution in [0, 0.1) is 6.92 Å². The molecule has 3 rings (SSSR count). The molecule has 0 unspecified atom stereocenters. The quantitative estimate of drug-likeness (QED) is 0.332. The lowest BCUT2D eigenvalue weighted by Gasteiger charge is -2.14. The SMILES string of the molecule is CC(=O)NCCNC(=O)c1cc(NCc2ccccc2)cc(S(=O)(=O)Nc2ccccc2C)c1. The van der Waals surface area contributed by atoms with Gasteiger partial charge in [0.2, 0.25) is 5.91 Å². The summed E-state index contributed by atoms with van der Waals surface area (Å²) in [5.74, 6) is -0.641. The van der Waals surface area contributed by atoms with Gasteiger partial charge in [-0.25, -0.2) is 8.42 Å². The Kier molecular flexibility index (Phi) is 8.26. The molecule has 0 spiro atoms. The third-order valence-electron chi connectivity index (χ3n) is 4.99. The number of para-hydroxylation sites is 1. The highest BCUT2D eigenvalue weighted by molar-refractivity contribution is 7.92. The van der Waals surface area contributed by atoms with Gasteiger partial charge in [0.05, 0.1) is 10.6 Å². The minimum atomic E-state index is -3.96. The van der Waals surface area contributed by atoms with Gasteiger partial charge in [0, 0.05) is 37.8 Å². The fourth-order valence-electron chi connectivity index (χ4n) is 3.20. The van der Waals surface area contributed by atoms with Gasteiger partial charge in [0.1, 0.15) is 0 Å². The van der Waals surface area contributed by atoms with Crippen LogP contribution in [-0.4, -0.2) is 33.3 Å². The molecule has 0 aliphatic heterocycles. The summed E-state index contributed by atoms with van der Waals surface area (Å²) in [7, 11) is -3.96. The molecule has 0 aliphatic rings. The number of nitrogens with one attached hydrogen (secondary N) is 4. The minimum Gasteiger partial charge on any atom is -0.381 e. The second-order valence-electron chi connectivity index (χ2n) is 7.74. The van der Waals surface area contributed by atoms with Crippen molar-refractivity contribution in [2.45, 2.75) is 25.3 Å². The standard InChI is InChI=1S/C25H28N4O4S/c1-18-8-6-7-11-24(18)29-34(32,33)23-15-21(25(31)27-13-12-26-19(2)30)14-22(16-23)28-17-20-9-4-3-5-10-20/h3-11,14-16,28-29H,12-13,17H2,1-2H3,(H,26,30)(H,27,31). The first-order valence-electron chi connectivity index (χ1n) is 10.8. The second-order valence-corrected chi connectivity index (χ2v) is 9.43. The average Bonchev–Trinajstić information content (AvgIpc) is 2.82. The summed E-state index contributed by atoms with van der Waals surface area (Å²) in [5.41, 5.74) is 2.93. The molecule has 9 heteroatoms. The van der Waals surface area contributed by atoms with E-state index in [1.165, 1.54) is 19.1 Å². The summed E-state index contributed by atoms with van der Waals surface area (Å²) in [4.78, 5) is 23.7. The lowest BCUT2D eigenvalue weighted by Crippen LogP contribution is -2.33. The summed E-state index contributed by atoms with van der Waals surface area (Å²) in [5, 5.41) is 8.49. The van der Waals surface area contributed by atoms with Crippen molar-refractivity contribution in [3.05, 3.63) is 89.5 Å². The molecule has 0 aliphatic carbocycles. The molecule has 3 aromatic carbocycles. The van der Waals surface area contributed by atoms with Crippen molar-refractivity contribution in [2.75, 3.05) is 23.1 Å². The molecule has 0 saturated carbocycles. The lowest BCUT2D eigenvalue weighted by atomic mass is 10.1. The van der Waals surface area contributed by atoms with Gasteiger partial charge in [0.15, 0.2) is 0 Å². The van der Waals surface area contributed by atoms with Gasteiger partial charge < -0.3 is 16.0 Å². The van der Waals surface area contributed by atoms with E-state index >= 15 is 0 Å². The number of aryl methyl sites for hydroxylation is 1. The van der Waals surface area contributed by atoms with E-state index in [2.05, 4.69) is 20.7 Å². The van der Waals surface area contributed by atoms with Crippen molar-refractivity contribution in [1.82, 2.24) is 10.6 Å². The topological polar surface area (TPSA) is 116 Å². The summed E-state index contributed by atoms with van der Waals surface area (Å²) in [6.45, 7) is 4.14. The highest BCUT2D eigenvalue weighted by Gasteiger charge is 2.19. The molecule has 2 amide bonds. The zero-order chi connectivity index (χ0) is 24.6. The lowest BCUT2D eigenvalue weighted by molar-refractivity contribution is -0.118. The maximum absolute atomic E-state index is 13.2. The van der Waals surface area contributed by atoms with Crippen LogP contribution in [0.3, 0.4) is 0 Å². The van der Waals surface area contributed by atoms with E-state index in [4.69, 9.17) is 0 Å². The Morgan fingerprint density at radius 2 is 1.53 bits per heavy atom. The molecular formula is C25H28N4O4S. The van der Waals surface area contributed by atoms with E-state index < -0.39 is 15.9 Å². The largest absolute Gasteiger partial charge is 0.381 e. The molecule has 0 atom stereocenters. The first-order chi connectivity index (χ1) is 16.2. The van der Waals surface area contributed by atoms with Crippen molar-refractivity contribution in [3.8, 4) is 0 Å². The van der Waals surface area contributed by atoms with Gasteiger partial charge in [-0.1, -0.05) is 48.5 Å². The fourth-order valence-corrected chi connectivity index (χ4v) is 4.40. The van der Waals surface area contributed by atoms with Crippen molar-refractivity contribution < 1.29 is 18.0 Å². The number of benzene rings is 3. The molecule has 0 radical (unpaired) electrons. The minimum absolute atomic E-state index is 0.0409. The molecule has 8 nitrogen and oxygen atoms in total. The molecular weight excluding hydrogens is 452 g/mol. The Hall–Kier alpha value is -3.85. The summed E-state index contributed by atoms with van der Waals surface area (Å²) in [6, 6.07) is 21.1. The number of hydrogen-bond donors (Lipinski definition) is 4. The van der Waals surface area contributed by atoms with Crippen molar-refractivity contribution >= 4 is 33.2 Å². The molecule has 0 heterocycles. The maximum Gasteiger partial charge on any atom is 0.262 e. The number of anilines is 2. The van der Waals surface area contributed by atoms with Crippen LogP contribution < -0.4 is 20.7 Å².